The fourth-order valence-corrected chi connectivity index (χ4v) is 4.20. The standard InChI is InChI=1S/C25H34N10O11S/c26-5-18(36)31-17(8-47)24(44)34-15(4-20(39)40)23(43)33-14(3-19(37)38)22(42)32-13(1-11-6-27-9-29-11)21(41)35-16(25(45)46)2-12-7-28-10-30-12/h6-7,9-10,13-17,47H,1-5,8,26H2,(H,27,29)(H,28,30)(H,31,36)(H,32,42)(H,33,43)(H,34,44)(H,35,41)(H,37,38)(H,39,40)(H,45,46)/t13-,14-,15-,16-,17-/m0/s1. The molecule has 0 aliphatic carbocycles. The van der Waals surface area contributed by atoms with Crippen LogP contribution >= 0.6 is 12.6 Å². The Morgan fingerprint density at radius 1 is 0.660 bits per heavy atom. The normalized spacial score (nSPS) is 13.9. The Hall–Kier alpha value is -5.51. The molecular weight excluding hydrogens is 648 g/mol. The lowest BCUT2D eigenvalue weighted by Crippen LogP contribution is -2.60. The summed E-state index contributed by atoms with van der Waals surface area (Å²) >= 11 is 3.94. The lowest BCUT2D eigenvalue weighted by atomic mass is 10.1. The number of amides is 5. The molecule has 0 saturated carbocycles. The van der Waals surface area contributed by atoms with Crippen molar-refractivity contribution in [2.24, 2.45) is 5.73 Å². The van der Waals surface area contributed by atoms with Crippen molar-refractivity contribution in [2.45, 2.75) is 55.9 Å². The summed E-state index contributed by atoms with van der Waals surface area (Å²) in [5.41, 5.74) is 5.90. The van der Waals surface area contributed by atoms with Crippen LogP contribution in [0.2, 0.25) is 0 Å². The summed E-state index contributed by atoms with van der Waals surface area (Å²) in [6.07, 6.45) is 2.69. The highest BCUT2D eigenvalue weighted by atomic mass is 32.1. The zero-order chi connectivity index (χ0) is 35.1. The third-order valence-corrected chi connectivity index (χ3v) is 6.61. The van der Waals surface area contributed by atoms with Crippen LogP contribution in [-0.2, 0) is 51.2 Å². The third kappa shape index (κ3) is 12.8. The van der Waals surface area contributed by atoms with Crippen molar-refractivity contribution in [1.82, 2.24) is 46.5 Å². The van der Waals surface area contributed by atoms with Crippen molar-refractivity contribution < 1.29 is 53.7 Å². The highest BCUT2D eigenvalue weighted by Crippen LogP contribution is 2.06. The molecule has 2 heterocycles. The average Bonchev–Trinajstić information content (AvgIpc) is 3.72. The van der Waals surface area contributed by atoms with Crippen LogP contribution in [0.1, 0.15) is 24.2 Å². The number of hydrogen-bond donors (Lipinski definition) is 12. The van der Waals surface area contributed by atoms with E-state index in [1.54, 1.807) is 0 Å². The second-order valence-corrected chi connectivity index (χ2v) is 10.2. The lowest BCUT2D eigenvalue weighted by molar-refractivity contribution is -0.144. The number of imidazole rings is 2. The first-order valence-electron chi connectivity index (χ1n) is 13.7. The molecule has 2 aromatic rings. The number of aliphatic carboxylic acids is 3. The van der Waals surface area contributed by atoms with E-state index in [9.17, 15) is 53.7 Å². The van der Waals surface area contributed by atoms with Crippen molar-refractivity contribution in [3.05, 3.63) is 36.4 Å². The lowest BCUT2D eigenvalue weighted by Gasteiger charge is -2.25. The maximum absolute atomic E-state index is 13.3. The van der Waals surface area contributed by atoms with E-state index in [1.165, 1.54) is 25.0 Å². The molecule has 0 unspecified atom stereocenters. The Morgan fingerprint density at radius 2 is 1.06 bits per heavy atom. The molecule has 0 fully saturated rings. The van der Waals surface area contributed by atoms with Crippen LogP contribution in [0.15, 0.2) is 25.0 Å². The molecule has 2 rings (SSSR count). The summed E-state index contributed by atoms with van der Waals surface area (Å²) in [6, 6.07) is -8.11. The van der Waals surface area contributed by atoms with Gasteiger partial charge in [0, 0.05) is 42.4 Å². The number of aromatic nitrogens is 4. The van der Waals surface area contributed by atoms with Crippen molar-refractivity contribution in [2.75, 3.05) is 12.3 Å². The number of carboxylic acids is 3. The number of nitrogens with zero attached hydrogens (tertiary/aromatic N) is 2. The minimum Gasteiger partial charge on any atom is -0.481 e. The molecule has 0 spiro atoms. The maximum Gasteiger partial charge on any atom is 0.326 e. The highest BCUT2D eigenvalue weighted by molar-refractivity contribution is 7.80. The van der Waals surface area contributed by atoms with E-state index in [2.05, 4.69) is 59.1 Å². The molecule has 2 aromatic heterocycles. The zero-order valence-corrected chi connectivity index (χ0v) is 25.4. The predicted molar refractivity (Wildman–Crippen MR) is 159 cm³/mol. The van der Waals surface area contributed by atoms with Crippen LogP contribution in [0.4, 0.5) is 0 Å². The number of thiol groups is 1. The van der Waals surface area contributed by atoms with Crippen molar-refractivity contribution >= 4 is 60.1 Å². The fraction of sp³-hybridized carbons (Fsp3) is 0.440. The molecule has 0 bridgehead atoms. The summed E-state index contributed by atoms with van der Waals surface area (Å²) in [4.78, 5) is 112. The molecule has 47 heavy (non-hydrogen) atoms. The van der Waals surface area contributed by atoms with E-state index in [0.717, 1.165) is 0 Å². The first kappa shape index (κ1) is 37.7. The molecule has 0 radical (unpaired) electrons. The van der Waals surface area contributed by atoms with Gasteiger partial charge in [-0.2, -0.15) is 12.6 Å². The van der Waals surface area contributed by atoms with Gasteiger partial charge >= 0.3 is 17.9 Å². The van der Waals surface area contributed by atoms with E-state index in [0.29, 0.717) is 11.4 Å². The molecule has 21 nitrogen and oxygen atoms in total. The van der Waals surface area contributed by atoms with Crippen molar-refractivity contribution in [3.63, 3.8) is 0 Å². The van der Waals surface area contributed by atoms with Gasteiger partial charge in [0.2, 0.25) is 29.5 Å². The van der Waals surface area contributed by atoms with Gasteiger partial charge < -0.3 is 57.6 Å². The third-order valence-electron chi connectivity index (χ3n) is 6.25. The van der Waals surface area contributed by atoms with Gasteiger partial charge in [0.25, 0.3) is 0 Å². The second-order valence-electron chi connectivity index (χ2n) is 9.85. The van der Waals surface area contributed by atoms with Gasteiger partial charge in [0.1, 0.15) is 30.2 Å². The van der Waals surface area contributed by atoms with Gasteiger partial charge in [-0.1, -0.05) is 0 Å². The first-order valence-corrected chi connectivity index (χ1v) is 14.3. The monoisotopic (exact) mass is 682 g/mol. The molecule has 12 N–H and O–H groups in total. The Balaban J connectivity index is 2.27. The summed E-state index contributed by atoms with van der Waals surface area (Å²) in [5.74, 6) is -10.1. The van der Waals surface area contributed by atoms with Gasteiger partial charge in [0.05, 0.1) is 32.0 Å². The summed E-state index contributed by atoms with van der Waals surface area (Å²) in [6.45, 7) is -0.483. The molecule has 0 saturated heterocycles. The predicted octanol–water partition coefficient (Wildman–Crippen LogP) is -4.74. The van der Waals surface area contributed by atoms with Gasteiger partial charge in [-0.25, -0.2) is 14.8 Å². The van der Waals surface area contributed by atoms with E-state index in [-0.39, 0.29) is 18.6 Å². The number of nitrogens with one attached hydrogen (secondary N) is 7. The van der Waals surface area contributed by atoms with Crippen LogP contribution < -0.4 is 32.3 Å². The van der Waals surface area contributed by atoms with E-state index in [4.69, 9.17) is 5.73 Å². The van der Waals surface area contributed by atoms with Crippen molar-refractivity contribution in [3.8, 4) is 0 Å². The van der Waals surface area contributed by atoms with E-state index < -0.39 is 97.0 Å². The molecule has 5 atom stereocenters. The number of carbonyl (C=O) groups is 8. The Kier molecular flexibility index (Phi) is 14.8. The topological polar surface area (TPSA) is 341 Å². The summed E-state index contributed by atoms with van der Waals surface area (Å²) < 4.78 is 0. The fourth-order valence-electron chi connectivity index (χ4n) is 3.95. The van der Waals surface area contributed by atoms with Crippen LogP contribution in [0.5, 0.6) is 0 Å². The minimum absolute atomic E-state index is 0.204. The number of nitrogens with two attached hydrogens (primary N) is 1. The Morgan fingerprint density at radius 3 is 1.45 bits per heavy atom. The van der Waals surface area contributed by atoms with Gasteiger partial charge in [-0.15, -0.1) is 0 Å². The number of hydrogen-bond acceptors (Lipinski definition) is 12. The Bertz CT molecular complexity index is 1420. The van der Waals surface area contributed by atoms with Crippen LogP contribution in [-0.4, -0.2) is 125 Å². The van der Waals surface area contributed by atoms with E-state index >= 15 is 0 Å². The van der Waals surface area contributed by atoms with Crippen LogP contribution in [0.25, 0.3) is 0 Å². The smallest absolute Gasteiger partial charge is 0.326 e. The maximum atomic E-state index is 13.3. The van der Waals surface area contributed by atoms with Crippen molar-refractivity contribution in [1.29, 1.82) is 0 Å². The van der Waals surface area contributed by atoms with Crippen LogP contribution in [0, 0.1) is 0 Å². The minimum atomic E-state index is -1.91. The summed E-state index contributed by atoms with van der Waals surface area (Å²) in [5, 5.41) is 39.3. The van der Waals surface area contributed by atoms with E-state index in [1.807, 2.05) is 0 Å². The molecule has 22 heteroatoms. The molecule has 0 aliphatic heterocycles. The molecule has 5 amide bonds. The second kappa shape index (κ2) is 18.5. The largest absolute Gasteiger partial charge is 0.481 e. The number of carboxylic acid groups (broad SMARTS) is 3. The number of carbonyl (C=O) groups excluding carboxylic acids is 5. The summed E-state index contributed by atoms with van der Waals surface area (Å²) in [7, 11) is 0. The van der Waals surface area contributed by atoms with Gasteiger partial charge in [0.15, 0.2) is 0 Å². The van der Waals surface area contributed by atoms with Gasteiger partial charge in [-0.05, 0) is 0 Å². The SMILES string of the molecule is NCC(=O)N[C@@H](CS)C(=O)N[C@@H](CC(=O)O)C(=O)N[C@@H](CC(=O)O)C(=O)N[C@@H](Cc1cnc[nH]1)C(=O)N[C@@H](Cc1cnc[nH]1)C(=O)O. The molecule has 0 aromatic carbocycles. The quantitative estimate of drug-likeness (QED) is 0.0584. The number of H-pyrrole nitrogens is 2. The number of rotatable bonds is 20. The van der Waals surface area contributed by atoms with Crippen LogP contribution in [0.3, 0.4) is 0 Å². The zero-order valence-electron chi connectivity index (χ0n) is 24.5. The molecular formula is C25H34N10O11S. The number of aromatic amines is 2. The highest BCUT2D eigenvalue weighted by Gasteiger charge is 2.34. The Labute approximate surface area is 270 Å². The van der Waals surface area contributed by atoms with Gasteiger partial charge in [-0.3, -0.25) is 33.6 Å². The first-order chi connectivity index (χ1) is 22.2. The average molecular weight is 683 g/mol. The molecule has 256 valence electrons. The molecule has 0 aliphatic rings.